The van der Waals surface area contributed by atoms with Gasteiger partial charge in [0.05, 0.1) is 0 Å². The summed E-state index contributed by atoms with van der Waals surface area (Å²) in [5, 5.41) is 4.36. The largest absolute Gasteiger partial charge is 0.262 e. The van der Waals surface area contributed by atoms with E-state index in [1.54, 1.807) is 0 Å². The predicted octanol–water partition coefficient (Wildman–Crippen LogP) is 3.32. The van der Waals surface area contributed by atoms with E-state index in [-0.39, 0.29) is 0 Å². The fraction of sp³-hybridized carbons (Fsp3) is 0.800. The number of thioether (sulfide) groups is 1. The van der Waals surface area contributed by atoms with E-state index in [1.807, 2.05) is 6.26 Å². The molecule has 2 nitrogen and oxygen atoms in total. The molecule has 1 aliphatic rings. The SMILES string of the molecule is CSC(=S)NN=C1CCCCCCC1. The minimum Gasteiger partial charge on any atom is -0.262 e. The number of nitrogens with zero attached hydrogens (tertiary/aromatic N) is 1. The molecule has 0 saturated heterocycles. The average Bonchev–Trinajstić information content (AvgIpc) is 2.15. The molecule has 0 aromatic rings. The number of hydrazone groups is 1. The van der Waals surface area contributed by atoms with Crippen molar-refractivity contribution in [3.05, 3.63) is 0 Å². The van der Waals surface area contributed by atoms with E-state index in [0.29, 0.717) is 0 Å². The van der Waals surface area contributed by atoms with Gasteiger partial charge < -0.3 is 0 Å². The van der Waals surface area contributed by atoms with Crippen molar-refractivity contribution in [2.45, 2.75) is 44.9 Å². The predicted molar refractivity (Wildman–Crippen MR) is 69.0 cm³/mol. The molecule has 0 unspecified atom stereocenters. The van der Waals surface area contributed by atoms with Crippen LogP contribution in [0.15, 0.2) is 5.10 Å². The number of hydrogen-bond acceptors (Lipinski definition) is 3. The lowest BCUT2D eigenvalue weighted by Gasteiger charge is -2.10. The van der Waals surface area contributed by atoms with Crippen LogP contribution in [0, 0.1) is 0 Å². The molecule has 0 radical (unpaired) electrons. The summed E-state index contributed by atoms with van der Waals surface area (Å²) in [4.78, 5) is 0. The van der Waals surface area contributed by atoms with Gasteiger partial charge in [-0.25, -0.2) is 0 Å². The number of rotatable bonds is 1. The monoisotopic (exact) mass is 230 g/mol. The zero-order valence-corrected chi connectivity index (χ0v) is 10.3. The lowest BCUT2D eigenvalue weighted by atomic mass is 9.99. The molecular formula is C10H18N2S2. The van der Waals surface area contributed by atoms with Gasteiger partial charge >= 0.3 is 0 Å². The molecule has 0 bridgehead atoms. The lowest BCUT2D eigenvalue weighted by Crippen LogP contribution is -2.14. The molecule has 1 fully saturated rings. The Morgan fingerprint density at radius 2 is 1.79 bits per heavy atom. The van der Waals surface area contributed by atoms with Crippen molar-refractivity contribution in [2.24, 2.45) is 5.10 Å². The minimum atomic E-state index is 0.763. The Labute approximate surface area is 95.9 Å². The molecule has 0 aromatic heterocycles. The van der Waals surface area contributed by atoms with Crippen molar-refractivity contribution in [3.63, 3.8) is 0 Å². The second-order valence-corrected chi connectivity index (χ2v) is 5.03. The number of thiocarbonyl (C=S) groups is 1. The van der Waals surface area contributed by atoms with Gasteiger partial charge in [-0.1, -0.05) is 43.2 Å². The van der Waals surface area contributed by atoms with E-state index in [2.05, 4.69) is 10.5 Å². The van der Waals surface area contributed by atoms with Crippen molar-refractivity contribution in [3.8, 4) is 0 Å². The molecule has 0 aliphatic heterocycles. The van der Waals surface area contributed by atoms with Crippen LogP contribution in [0.5, 0.6) is 0 Å². The van der Waals surface area contributed by atoms with Crippen LogP contribution in [0.25, 0.3) is 0 Å². The highest BCUT2D eigenvalue weighted by Crippen LogP contribution is 2.14. The zero-order valence-electron chi connectivity index (χ0n) is 8.71. The molecule has 1 N–H and O–H groups in total. The van der Waals surface area contributed by atoms with Crippen molar-refractivity contribution in [1.82, 2.24) is 5.43 Å². The van der Waals surface area contributed by atoms with Crippen LogP contribution in [-0.4, -0.2) is 16.3 Å². The summed E-state index contributed by atoms with van der Waals surface area (Å²) in [5.41, 5.74) is 4.23. The van der Waals surface area contributed by atoms with Crippen LogP contribution < -0.4 is 5.43 Å². The van der Waals surface area contributed by atoms with Gasteiger partial charge in [0.1, 0.15) is 0 Å². The Morgan fingerprint density at radius 3 is 2.36 bits per heavy atom. The van der Waals surface area contributed by atoms with Gasteiger partial charge in [0.25, 0.3) is 0 Å². The molecule has 0 spiro atoms. The highest BCUT2D eigenvalue weighted by atomic mass is 32.2. The van der Waals surface area contributed by atoms with Gasteiger partial charge in [-0.2, -0.15) is 5.10 Å². The standard InChI is InChI=1S/C10H18N2S2/c1-14-10(13)12-11-9-7-5-3-2-4-6-8-9/h2-8H2,1H3,(H,12,13). The first-order chi connectivity index (χ1) is 6.83. The first kappa shape index (κ1) is 12.0. The molecule has 1 rings (SSSR count). The molecule has 4 heteroatoms. The average molecular weight is 230 g/mol. The Kier molecular flexibility index (Phi) is 6.19. The molecular weight excluding hydrogens is 212 g/mol. The van der Waals surface area contributed by atoms with Crippen molar-refractivity contribution >= 4 is 34.0 Å². The third-order valence-electron chi connectivity index (χ3n) is 2.42. The van der Waals surface area contributed by atoms with Gasteiger partial charge in [-0.05, 0) is 31.9 Å². The first-order valence-corrected chi connectivity index (χ1v) is 6.85. The van der Waals surface area contributed by atoms with Gasteiger partial charge in [0, 0.05) is 5.71 Å². The smallest absolute Gasteiger partial charge is 0.153 e. The van der Waals surface area contributed by atoms with Gasteiger partial charge in [-0.15, -0.1) is 0 Å². The molecule has 1 aliphatic carbocycles. The van der Waals surface area contributed by atoms with Gasteiger partial charge in [-0.3, -0.25) is 5.43 Å². The summed E-state index contributed by atoms with van der Waals surface area (Å²) in [6.45, 7) is 0. The number of nitrogens with one attached hydrogen (secondary N) is 1. The number of hydrogen-bond donors (Lipinski definition) is 1. The summed E-state index contributed by atoms with van der Waals surface area (Å²) in [5.74, 6) is 0. The van der Waals surface area contributed by atoms with E-state index in [1.165, 1.54) is 49.6 Å². The van der Waals surface area contributed by atoms with Crippen LogP contribution in [0.2, 0.25) is 0 Å². The van der Waals surface area contributed by atoms with Crippen LogP contribution >= 0.6 is 24.0 Å². The van der Waals surface area contributed by atoms with E-state index in [9.17, 15) is 0 Å². The van der Waals surface area contributed by atoms with E-state index < -0.39 is 0 Å². The quantitative estimate of drug-likeness (QED) is 0.552. The fourth-order valence-corrected chi connectivity index (χ4v) is 1.78. The molecule has 0 amide bonds. The third-order valence-corrected chi connectivity index (χ3v) is 3.47. The highest BCUT2D eigenvalue weighted by Gasteiger charge is 2.04. The fourth-order valence-electron chi connectivity index (χ4n) is 1.60. The third kappa shape index (κ3) is 4.96. The normalized spacial score (nSPS) is 18.2. The van der Waals surface area contributed by atoms with Crippen LogP contribution in [0.4, 0.5) is 0 Å². The van der Waals surface area contributed by atoms with Crippen LogP contribution in [0.3, 0.4) is 0 Å². The minimum absolute atomic E-state index is 0.763. The zero-order chi connectivity index (χ0) is 10.2. The first-order valence-electron chi connectivity index (χ1n) is 5.22. The molecule has 0 aromatic carbocycles. The van der Waals surface area contributed by atoms with Gasteiger partial charge in [0.2, 0.25) is 0 Å². The van der Waals surface area contributed by atoms with Crippen LogP contribution in [-0.2, 0) is 0 Å². The lowest BCUT2D eigenvalue weighted by molar-refractivity contribution is 0.604. The second-order valence-electron chi connectivity index (χ2n) is 3.55. The molecule has 14 heavy (non-hydrogen) atoms. The Morgan fingerprint density at radius 1 is 1.21 bits per heavy atom. The maximum Gasteiger partial charge on any atom is 0.153 e. The molecule has 0 atom stereocenters. The molecule has 1 saturated carbocycles. The van der Waals surface area contributed by atoms with Gasteiger partial charge in [0.15, 0.2) is 4.32 Å². The summed E-state index contributed by atoms with van der Waals surface area (Å²) < 4.78 is 0.763. The molecule has 0 heterocycles. The summed E-state index contributed by atoms with van der Waals surface area (Å²) in [6.07, 6.45) is 10.9. The Bertz CT molecular complexity index is 204. The maximum atomic E-state index is 5.03. The van der Waals surface area contributed by atoms with E-state index >= 15 is 0 Å². The van der Waals surface area contributed by atoms with E-state index in [0.717, 1.165) is 17.2 Å². The van der Waals surface area contributed by atoms with Crippen LogP contribution in [0.1, 0.15) is 44.9 Å². The van der Waals surface area contributed by atoms with Crippen molar-refractivity contribution in [2.75, 3.05) is 6.26 Å². The second kappa shape index (κ2) is 7.23. The molecule has 80 valence electrons. The summed E-state index contributed by atoms with van der Waals surface area (Å²) in [6, 6.07) is 0. The Balaban J connectivity index is 2.35. The highest BCUT2D eigenvalue weighted by molar-refractivity contribution is 8.22. The van der Waals surface area contributed by atoms with Crippen molar-refractivity contribution in [1.29, 1.82) is 0 Å². The summed E-state index contributed by atoms with van der Waals surface area (Å²) in [7, 11) is 0. The maximum absolute atomic E-state index is 5.03. The topological polar surface area (TPSA) is 24.4 Å². The Hall–Kier alpha value is -0.0900. The van der Waals surface area contributed by atoms with E-state index in [4.69, 9.17) is 12.2 Å². The summed E-state index contributed by atoms with van der Waals surface area (Å²) >= 11 is 6.57. The van der Waals surface area contributed by atoms with Crippen molar-refractivity contribution < 1.29 is 0 Å².